The SMILES string of the molecule is CCN(CC)CCNC(=O)c1ccc(NC(C)=O)c(Cl)c1. The molecule has 0 spiro atoms. The zero-order valence-corrected chi connectivity index (χ0v) is 13.5. The minimum atomic E-state index is -0.201. The predicted molar refractivity (Wildman–Crippen MR) is 85.9 cm³/mol. The second-order valence-corrected chi connectivity index (χ2v) is 5.07. The molecule has 0 heterocycles. The van der Waals surface area contributed by atoms with Gasteiger partial charge in [0.1, 0.15) is 0 Å². The van der Waals surface area contributed by atoms with Crippen LogP contribution in [-0.4, -0.2) is 42.9 Å². The molecule has 0 bridgehead atoms. The Labute approximate surface area is 130 Å². The van der Waals surface area contributed by atoms with Gasteiger partial charge in [0.25, 0.3) is 5.91 Å². The van der Waals surface area contributed by atoms with E-state index < -0.39 is 0 Å². The Morgan fingerprint density at radius 2 is 1.90 bits per heavy atom. The van der Waals surface area contributed by atoms with Crippen LogP contribution in [0, 0.1) is 0 Å². The fourth-order valence-electron chi connectivity index (χ4n) is 1.92. The first-order valence-corrected chi connectivity index (χ1v) is 7.43. The van der Waals surface area contributed by atoms with E-state index in [1.165, 1.54) is 6.92 Å². The molecule has 2 amide bonds. The minimum Gasteiger partial charge on any atom is -0.351 e. The molecule has 0 aliphatic carbocycles. The zero-order valence-electron chi connectivity index (χ0n) is 12.7. The molecule has 1 aromatic carbocycles. The van der Waals surface area contributed by atoms with E-state index in [2.05, 4.69) is 29.4 Å². The second-order valence-electron chi connectivity index (χ2n) is 4.66. The molecular weight excluding hydrogens is 290 g/mol. The summed E-state index contributed by atoms with van der Waals surface area (Å²) >= 11 is 6.04. The Morgan fingerprint density at radius 1 is 1.24 bits per heavy atom. The Kier molecular flexibility index (Phi) is 7.19. The molecule has 0 radical (unpaired) electrons. The van der Waals surface area contributed by atoms with E-state index >= 15 is 0 Å². The van der Waals surface area contributed by atoms with Crippen molar-refractivity contribution in [3.8, 4) is 0 Å². The van der Waals surface area contributed by atoms with Crippen LogP contribution in [0.1, 0.15) is 31.1 Å². The number of likely N-dealkylation sites (N-methyl/N-ethyl adjacent to an activating group) is 1. The van der Waals surface area contributed by atoms with Crippen molar-refractivity contribution in [2.45, 2.75) is 20.8 Å². The van der Waals surface area contributed by atoms with E-state index in [4.69, 9.17) is 11.6 Å². The number of amides is 2. The van der Waals surface area contributed by atoms with Crippen molar-refractivity contribution in [2.24, 2.45) is 0 Å². The lowest BCUT2D eigenvalue weighted by Gasteiger charge is -2.18. The molecule has 6 heteroatoms. The molecular formula is C15H22ClN3O2. The van der Waals surface area contributed by atoms with E-state index in [0.717, 1.165) is 19.6 Å². The van der Waals surface area contributed by atoms with Crippen LogP contribution in [0.25, 0.3) is 0 Å². The highest BCUT2D eigenvalue weighted by Crippen LogP contribution is 2.22. The second kappa shape index (κ2) is 8.64. The summed E-state index contributed by atoms with van der Waals surface area (Å²) in [5, 5.41) is 5.81. The molecule has 1 rings (SSSR count). The average molecular weight is 312 g/mol. The Hall–Kier alpha value is -1.59. The van der Waals surface area contributed by atoms with Crippen molar-refractivity contribution in [1.82, 2.24) is 10.2 Å². The highest BCUT2D eigenvalue weighted by molar-refractivity contribution is 6.34. The number of nitrogens with one attached hydrogen (secondary N) is 2. The Morgan fingerprint density at radius 3 is 2.43 bits per heavy atom. The topological polar surface area (TPSA) is 61.4 Å². The molecule has 0 unspecified atom stereocenters. The lowest BCUT2D eigenvalue weighted by molar-refractivity contribution is -0.114. The van der Waals surface area contributed by atoms with Gasteiger partial charge in [0.15, 0.2) is 0 Å². The summed E-state index contributed by atoms with van der Waals surface area (Å²) in [5.41, 5.74) is 0.984. The summed E-state index contributed by atoms with van der Waals surface area (Å²) in [7, 11) is 0. The predicted octanol–water partition coefficient (Wildman–Crippen LogP) is 2.37. The van der Waals surface area contributed by atoms with Crippen LogP contribution >= 0.6 is 11.6 Å². The highest BCUT2D eigenvalue weighted by atomic mass is 35.5. The summed E-state index contributed by atoms with van der Waals surface area (Å²) < 4.78 is 0. The number of nitrogens with zero attached hydrogens (tertiary/aromatic N) is 1. The van der Waals surface area contributed by atoms with Crippen LogP contribution in [-0.2, 0) is 4.79 Å². The number of benzene rings is 1. The number of carbonyl (C=O) groups excluding carboxylic acids is 2. The van der Waals surface area contributed by atoms with Crippen LogP contribution in [0.2, 0.25) is 5.02 Å². The van der Waals surface area contributed by atoms with E-state index in [1.807, 2.05) is 0 Å². The summed E-state index contributed by atoms with van der Waals surface area (Å²) in [6.45, 7) is 8.91. The number of carbonyl (C=O) groups is 2. The van der Waals surface area contributed by atoms with Crippen LogP contribution in [0.5, 0.6) is 0 Å². The minimum absolute atomic E-state index is 0.168. The lowest BCUT2D eigenvalue weighted by Crippen LogP contribution is -2.34. The van der Waals surface area contributed by atoms with Crippen molar-refractivity contribution in [1.29, 1.82) is 0 Å². The largest absolute Gasteiger partial charge is 0.351 e. The molecule has 0 saturated carbocycles. The van der Waals surface area contributed by atoms with E-state index in [-0.39, 0.29) is 11.8 Å². The summed E-state index contributed by atoms with van der Waals surface area (Å²) in [6, 6.07) is 4.83. The average Bonchev–Trinajstić information content (AvgIpc) is 2.45. The first-order valence-electron chi connectivity index (χ1n) is 7.05. The first kappa shape index (κ1) is 17.5. The number of hydrogen-bond acceptors (Lipinski definition) is 3. The van der Waals surface area contributed by atoms with Crippen LogP contribution in [0.4, 0.5) is 5.69 Å². The molecule has 0 saturated heterocycles. The van der Waals surface area contributed by atoms with Crippen LogP contribution in [0.15, 0.2) is 18.2 Å². The summed E-state index contributed by atoms with van der Waals surface area (Å²) in [6.07, 6.45) is 0. The smallest absolute Gasteiger partial charge is 0.251 e. The molecule has 21 heavy (non-hydrogen) atoms. The molecule has 0 aliphatic heterocycles. The van der Waals surface area contributed by atoms with Crippen molar-refractivity contribution in [3.05, 3.63) is 28.8 Å². The van der Waals surface area contributed by atoms with Crippen molar-refractivity contribution >= 4 is 29.1 Å². The van der Waals surface area contributed by atoms with Gasteiger partial charge in [-0.2, -0.15) is 0 Å². The third kappa shape index (κ3) is 5.73. The Balaban J connectivity index is 2.58. The monoisotopic (exact) mass is 311 g/mol. The van der Waals surface area contributed by atoms with Gasteiger partial charge in [-0.3, -0.25) is 9.59 Å². The maximum Gasteiger partial charge on any atom is 0.251 e. The molecule has 0 atom stereocenters. The van der Waals surface area contributed by atoms with Gasteiger partial charge in [-0.25, -0.2) is 0 Å². The molecule has 116 valence electrons. The summed E-state index contributed by atoms with van der Waals surface area (Å²) in [4.78, 5) is 25.2. The van der Waals surface area contributed by atoms with Gasteiger partial charge in [-0.15, -0.1) is 0 Å². The maximum atomic E-state index is 12.0. The van der Waals surface area contributed by atoms with Crippen LogP contribution < -0.4 is 10.6 Å². The third-order valence-electron chi connectivity index (χ3n) is 3.15. The van der Waals surface area contributed by atoms with Gasteiger partial charge >= 0.3 is 0 Å². The molecule has 1 aromatic rings. The fourth-order valence-corrected chi connectivity index (χ4v) is 2.14. The number of anilines is 1. The van der Waals surface area contributed by atoms with Gasteiger partial charge in [0.2, 0.25) is 5.91 Å². The number of halogens is 1. The van der Waals surface area contributed by atoms with Gasteiger partial charge in [-0.1, -0.05) is 25.4 Å². The van der Waals surface area contributed by atoms with Crippen molar-refractivity contribution in [3.63, 3.8) is 0 Å². The molecule has 0 fully saturated rings. The van der Waals surface area contributed by atoms with Crippen molar-refractivity contribution in [2.75, 3.05) is 31.5 Å². The Bertz CT molecular complexity index is 502. The fraction of sp³-hybridized carbons (Fsp3) is 0.467. The number of rotatable bonds is 7. The zero-order chi connectivity index (χ0) is 15.8. The quantitative estimate of drug-likeness (QED) is 0.812. The van der Waals surface area contributed by atoms with Gasteiger partial charge in [0.05, 0.1) is 10.7 Å². The van der Waals surface area contributed by atoms with E-state index in [1.54, 1.807) is 18.2 Å². The normalized spacial score (nSPS) is 10.5. The molecule has 2 N–H and O–H groups in total. The van der Waals surface area contributed by atoms with Crippen molar-refractivity contribution < 1.29 is 9.59 Å². The number of hydrogen-bond donors (Lipinski definition) is 2. The van der Waals surface area contributed by atoms with Gasteiger partial charge < -0.3 is 15.5 Å². The van der Waals surface area contributed by atoms with E-state index in [0.29, 0.717) is 22.8 Å². The molecule has 5 nitrogen and oxygen atoms in total. The molecule has 0 aromatic heterocycles. The lowest BCUT2D eigenvalue weighted by atomic mass is 10.2. The van der Waals surface area contributed by atoms with Gasteiger partial charge in [-0.05, 0) is 31.3 Å². The standard InChI is InChI=1S/C15H22ClN3O2/c1-4-19(5-2)9-8-17-15(21)12-6-7-14(13(16)10-12)18-11(3)20/h6-7,10H,4-5,8-9H2,1-3H3,(H,17,21)(H,18,20). The highest BCUT2D eigenvalue weighted by Gasteiger charge is 2.09. The first-order chi connectivity index (χ1) is 9.97. The molecule has 0 aliphatic rings. The maximum absolute atomic E-state index is 12.0. The van der Waals surface area contributed by atoms with Crippen LogP contribution in [0.3, 0.4) is 0 Å². The van der Waals surface area contributed by atoms with E-state index in [9.17, 15) is 9.59 Å². The summed E-state index contributed by atoms with van der Waals surface area (Å²) in [5.74, 6) is -0.369. The third-order valence-corrected chi connectivity index (χ3v) is 3.46. The van der Waals surface area contributed by atoms with Gasteiger partial charge in [0, 0.05) is 25.6 Å².